The molecule has 0 bridgehead atoms. The molecule has 0 radical (unpaired) electrons. The number of nitrogens with zero attached hydrogens (tertiary/aromatic N) is 1. The second-order valence-corrected chi connectivity index (χ2v) is 8.61. The Balaban J connectivity index is 1.87. The number of carbonyl (C=O) groups excluding carboxylic acids is 2. The molecule has 1 N–H and O–H groups in total. The van der Waals surface area contributed by atoms with Crippen LogP contribution >= 0.6 is 27.5 Å². The Kier molecular flexibility index (Phi) is 4.86. The maximum absolute atomic E-state index is 12.4. The predicted octanol–water partition coefficient (Wildman–Crippen LogP) is 3.42. The molecule has 1 fully saturated rings. The van der Waals surface area contributed by atoms with Gasteiger partial charge in [0.2, 0.25) is 15.9 Å². The minimum Gasteiger partial charge on any atom is -0.322 e. The summed E-state index contributed by atoms with van der Waals surface area (Å²) >= 11 is 9.45. The van der Waals surface area contributed by atoms with Gasteiger partial charge in [0.05, 0.1) is 22.0 Å². The molecule has 0 aliphatic carbocycles. The highest BCUT2D eigenvalue weighted by molar-refractivity contribution is 9.10. The summed E-state index contributed by atoms with van der Waals surface area (Å²) in [5.41, 5.74) is 0.887. The van der Waals surface area contributed by atoms with Gasteiger partial charge in [0, 0.05) is 16.6 Å². The molecule has 6 nitrogen and oxygen atoms in total. The van der Waals surface area contributed by atoms with Crippen molar-refractivity contribution in [3.63, 3.8) is 0 Å². The van der Waals surface area contributed by atoms with Crippen LogP contribution in [-0.4, -0.2) is 26.0 Å². The first-order valence-electron chi connectivity index (χ1n) is 7.20. The van der Waals surface area contributed by atoms with E-state index in [1.54, 1.807) is 18.2 Å². The number of amides is 2. The van der Waals surface area contributed by atoms with Gasteiger partial charge in [-0.1, -0.05) is 33.6 Å². The molecule has 2 amide bonds. The lowest BCUT2D eigenvalue weighted by molar-refractivity contribution is -0.116. The van der Waals surface area contributed by atoms with Crippen LogP contribution in [0.3, 0.4) is 0 Å². The summed E-state index contributed by atoms with van der Waals surface area (Å²) in [5.74, 6) is -1.18. The van der Waals surface area contributed by atoms with E-state index in [1.807, 2.05) is 6.07 Å². The van der Waals surface area contributed by atoms with Gasteiger partial charge in [-0.2, -0.15) is 0 Å². The summed E-state index contributed by atoms with van der Waals surface area (Å²) in [5, 5.41) is 2.76. The second kappa shape index (κ2) is 6.78. The molecule has 1 heterocycles. The van der Waals surface area contributed by atoms with Crippen LogP contribution in [-0.2, 0) is 14.8 Å². The van der Waals surface area contributed by atoms with Gasteiger partial charge in [-0.05, 0) is 36.4 Å². The molecule has 9 heteroatoms. The molecule has 1 aliphatic heterocycles. The van der Waals surface area contributed by atoms with E-state index in [9.17, 15) is 18.0 Å². The van der Waals surface area contributed by atoms with Crippen LogP contribution in [0, 0.1) is 0 Å². The number of hydrogen-bond acceptors (Lipinski definition) is 4. The smallest absolute Gasteiger partial charge is 0.257 e. The van der Waals surface area contributed by atoms with E-state index in [4.69, 9.17) is 11.6 Å². The van der Waals surface area contributed by atoms with Gasteiger partial charge < -0.3 is 5.32 Å². The van der Waals surface area contributed by atoms with Crippen LogP contribution in [0.4, 0.5) is 11.4 Å². The molecule has 1 saturated heterocycles. The largest absolute Gasteiger partial charge is 0.322 e. The number of hydrogen-bond donors (Lipinski definition) is 1. The molecule has 130 valence electrons. The molecule has 2 aromatic carbocycles. The molecule has 2 aromatic rings. The molecule has 0 unspecified atom stereocenters. The summed E-state index contributed by atoms with van der Waals surface area (Å²) in [6, 6.07) is 11.1. The third-order valence-corrected chi connectivity index (χ3v) is 6.09. The van der Waals surface area contributed by atoms with Crippen molar-refractivity contribution in [1.82, 2.24) is 0 Å². The molecule has 0 saturated carbocycles. The minimum absolute atomic E-state index is 0.0555. The van der Waals surface area contributed by atoms with E-state index in [0.717, 1.165) is 8.78 Å². The first kappa shape index (κ1) is 17.9. The zero-order valence-electron chi connectivity index (χ0n) is 12.7. The Labute approximate surface area is 158 Å². The van der Waals surface area contributed by atoms with Crippen LogP contribution in [0.2, 0.25) is 5.02 Å². The number of anilines is 2. The molecular formula is C16H12BrClN2O4S. The average Bonchev–Trinajstić information content (AvgIpc) is 2.80. The number of rotatable bonds is 3. The van der Waals surface area contributed by atoms with Crippen LogP contribution in [0.25, 0.3) is 0 Å². The van der Waals surface area contributed by atoms with Crippen molar-refractivity contribution < 1.29 is 18.0 Å². The van der Waals surface area contributed by atoms with Gasteiger partial charge in [-0.15, -0.1) is 0 Å². The Bertz CT molecular complexity index is 978. The van der Waals surface area contributed by atoms with E-state index in [1.165, 1.54) is 18.2 Å². The summed E-state index contributed by atoms with van der Waals surface area (Å²) in [6.45, 7) is 0. The highest BCUT2D eigenvalue weighted by Crippen LogP contribution is 2.30. The van der Waals surface area contributed by atoms with Crippen LogP contribution in [0.15, 0.2) is 46.9 Å². The van der Waals surface area contributed by atoms with Crippen molar-refractivity contribution in [2.24, 2.45) is 0 Å². The number of nitrogens with one attached hydrogen (secondary N) is 1. The number of halogens is 2. The average molecular weight is 444 g/mol. The standard InChI is InChI=1S/C16H12BrClN2O4S/c17-10-2-1-3-11(8-10)19-16(22)13-5-4-12(9-14(13)18)20-15(21)6-7-25(20,23)24/h1-5,8-9H,6-7H2,(H,19,22). The first-order chi connectivity index (χ1) is 11.8. The molecule has 3 rings (SSSR count). The SMILES string of the molecule is O=C(Nc1cccc(Br)c1)c1ccc(N2C(=O)CCS2(=O)=O)cc1Cl. The molecule has 0 aromatic heterocycles. The third-order valence-electron chi connectivity index (χ3n) is 3.59. The lowest BCUT2D eigenvalue weighted by atomic mass is 10.1. The van der Waals surface area contributed by atoms with Crippen LogP contribution < -0.4 is 9.62 Å². The van der Waals surface area contributed by atoms with Gasteiger partial charge >= 0.3 is 0 Å². The van der Waals surface area contributed by atoms with Crippen LogP contribution in [0.5, 0.6) is 0 Å². The lowest BCUT2D eigenvalue weighted by Crippen LogP contribution is -2.29. The lowest BCUT2D eigenvalue weighted by Gasteiger charge is -2.16. The summed E-state index contributed by atoms with van der Waals surface area (Å²) < 4.78 is 25.4. The van der Waals surface area contributed by atoms with Gasteiger partial charge in [0.15, 0.2) is 0 Å². The van der Waals surface area contributed by atoms with E-state index in [-0.39, 0.29) is 28.4 Å². The number of sulfonamides is 1. The first-order valence-corrected chi connectivity index (χ1v) is 9.98. The fourth-order valence-corrected chi connectivity index (χ4v) is 4.56. The van der Waals surface area contributed by atoms with E-state index >= 15 is 0 Å². The van der Waals surface area contributed by atoms with Crippen molar-refractivity contribution in [3.8, 4) is 0 Å². The maximum Gasteiger partial charge on any atom is 0.257 e. The van der Waals surface area contributed by atoms with Crippen LogP contribution in [0.1, 0.15) is 16.8 Å². The van der Waals surface area contributed by atoms with Crippen molar-refractivity contribution in [1.29, 1.82) is 0 Å². The van der Waals surface area contributed by atoms with Gasteiger partial charge in [-0.3, -0.25) is 9.59 Å². The normalized spacial score (nSPS) is 16.1. The molecule has 0 spiro atoms. The number of carbonyl (C=O) groups is 2. The molecule has 1 aliphatic rings. The Morgan fingerprint density at radius 3 is 2.56 bits per heavy atom. The maximum atomic E-state index is 12.4. The summed E-state index contributed by atoms with van der Waals surface area (Å²) in [7, 11) is -3.67. The summed E-state index contributed by atoms with van der Waals surface area (Å²) in [6.07, 6.45) is -0.0644. The molecule has 25 heavy (non-hydrogen) atoms. The van der Waals surface area contributed by atoms with E-state index < -0.39 is 21.8 Å². The predicted molar refractivity (Wildman–Crippen MR) is 99.4 cm³/mol. The van der Waals surface area contributed by atoms with E-state index in [2.05, 4.69) is 21.2 Å². The van der Waals surface area contributed by atoms with Crippen molar-refractivity contribution in [3.05, 3.63) is 57.5 Å². The third kappa shape index (κ3) is 3.70. The summed E-state index contributed by atoms with van der Waals surface area (Å²) in [4.78, 5) is 24.2. The van der Waals surface area contributed by atoms with Gasteiger partial charge in [-0.25, -0.2) is 12.7 Å². The van der Waals surface area contributed by atoms with Crippen molar-refractivity contribution in [2.45, 2.75) is 6.42 Å². The monoisotopic (exact) mass is 442 g/mol. The van der Waals surface area contributed by atoms with Gasteiger partial charge in [0.1, 0.15) is 0 Å². The minimum atomic E-state index is -3.67. The fraction of sp³-hybridized carbons (Fsp3) is 0.125. The topological polar surface area (TPSA) is 83.6 Å². The Morgan fingerprint density at radius 1 is 1.20 bits per heavy atom. The van der Waals surface area contributed by atoms with E-state index in [0.29, 0.717) is 5.69 Å². The Morgan fingerprint density at radius 2 is 1.96 bits per heavy atom. The highest BCUT2D eigenvalue weighted by atomic mass is 79.9. The van der Waals surface area contributed by atoms with Crippen molar-refractivity contribution in [2.75, 3.05) is 15.4 Å². The number of benzene rings is 2. The molecule has 0 atom stereocenters. The highest BCUT2D eigenvalue weighted by Gasteiger charge is 2.36. The van der Waals surface area contributed by atoms with Crippen molar-refractivity contribution >= 4 is 60.7 Å². The zero-order valence-corrected chi connectivity index (χ0v) is 15.9. The van der Waals surface area contributed by atoms with Gasteiger partial charge in [0.25, 0.3) is 5.91 Å². The zero-order chi connectivity index (χ0) is 18.2. The Hall–Kier alpha value is -1.90. The second-order valence-electron chi connectivity index (χ2n) is 5.35. The quantitative estimate of drug-likeness (QED) is 0.788. The molecular weight excluding hydrogens is 432 g/mol. The fourth-order valence-electron chi connectivity index (χ4n) is 2.45.